The Morgan fingerprint density at radius 1 is 0.933 bits per heavy atom. The Bertz CT molecular complexity index is 1110. The van der Waals surface area contributed by atoms with Crippen molar-refractivity contribution < 1.29 is 13.2 Å². The number of hydrogen-bond acceptors (Lipinski definition) is 5. The highest BCUT2D eigenvalue weighted by atomic mass is 19.3. The summed E-state index contributed by atoms with van der Waals surface area (Å²) in [5.41, 5.74) is 4.40. The molecule has 0 spiro atoms. The maximum absolute atomic E-state index is 12.7. The molecule has 2 aromatic heterocycles. The summed E-state index contributed by atoms with van der Waals surface area (Å²) in [5.74, 6) is -0.615. The summed E-state index contributed by atoms with van der Waals surface area (Å²) in [7, 11) is 0. The van der Waals surface area contributed by atoms with E-state index < -0.39 is 12.3 Å². The van der Waals surface area contributed by atoms with Gasteiger partial charge in [0.25, 0.3) is 5.89 Å². The quantitative estimate of drug-likeness (QED) is 0.393. The molecule has 5 nitrogen and oxygen atoms in total. The Hall–Kier alpha value is -3.87. The molecular weight excluding hydrogens is 386 g/mol. The van der Waals surface area contributed by atoms with Gasteiger partial charge in [0, 0.05) is 41.4 Å². The molecule has 150 valence electrons. The molecule has 0 aliphatic carbocycles. The molecule has 0 aliphatic heterocycles. The molecule has 7 heteroatoms. The molecule has 0 unspecified atom stereocenters. The lowest BCUT2D eigenvalue weighted by molar-refractivity contribution is 0.116. The first kappa shape index (κ1) is 19.4. The summed E-state index contributed by atoms with van der Waals surface area (Å²) < 4.78 is 30.3. The van der Waals surface area contributed by atoms with Gasteiger partial charge in [-0.2, -0.15) is 8.78 Å². The summed E-state index contributed by atoms with van der Waals surface area (Å²) in [6.07, 6.45) is 0.678. The minimum atomic E-state index is -2.79. The molecule has 0 fully saturated rings. The van der Waals surface area contributed by atoms with Crippen LogP contribution >= 0.6 is 0 Å². The van der Waals surface area contributed by atoms with Gasteiger partial charge in [-0.3, -0.25) is 4.98 Å². The average molecular weight is 404 g/mol. The van der Waals surface area contributed by atoms with Crippen LogP contribution in [0.25, 0.3) is 17.2 Å². The first-order valence-corrected chi connectivity index (χ1v) is 9.24. The van der Waals surface area contributed by atoms with E-state index in [0.29, 0.717) is 12.1 Å². The van der Waals surface area contributed by atoms with Crippen LogP contribution in [0, 0.1) is 0 Å². The van der Waals surface area contributed by atoms with Crippen molar-refractivity contribution in [1.82, 2.24) is 15.2 Å². The fourth-order valence-corrected chi connectivity index (χ4v) is 3.03. The predicted octanol–water partition coefficient (Wildman–Crippen LogP) is 5.75. The van der Waals surface area contributed by atoms with Gasteiger partial charge in [0.1, 0.15) is 0 Å². The maximum atomic E-state index is 12.7. The van der Waals surface area contributed by atoms with E-state index in [1.807, 2.05) is 54.6 Å². The zero-order chi connectivity index (χ0) is 20.9. The van der Waals surface area contributed by atoms with Crippen LogP contribution in [-0.2, 0) is 6.54 Å². The summed E-state index contributed by atoms with van der Waals surface area (Å²) >= 11 is 0. The number of para-hydroxylation sites is 1. The Morgan fingerprint density at radius 2 is 1.63 bits per heavy atom. The highest BCUT2D eigenvalue weighted by molar-refractivity contribution is 5.77. The lowest BCUT2D eigenvalue weighted by atomic mass is 10.1. The highest BCUT2D eigenvalue weighted by Crippen LogP contribution is 2.28. The first-order valence-electron chi connectivity index (χ1n) is 9.24. The lowest BCUT2D eigenvalue weighted by Crippen LogP contribution is -2.20. The first-order chi connectivity index (χ1) is 14.6. The van der Waals surface area contributed by atoms with Crippen LogP contribution in [0.15, 0.2) is 90.1 Å². The third-order valence-electron chi connectivity index (χ3n) is 4.58. The van der Waals surface area contributed by atoms with E-state index in [2.05, 4.69) is 26.7 Å². The van der Waals surface area contributed by atoms with Crippen LogP contribution in [0.2, 0.25) is 0 Å². The van der Waals surface area contributed by atoms with Crippen LogP contribution in [0.5, 0.6) is 0 Å². The van der Waals surface area contributed by atoms with Gasteiger partial charge in [0.05, 0.1) is 0 Å². The van der Waals surface area contributed by atoms with Gasteiger partial charge < -0.3 is 9.32 Å². The Balaban J connectivity index is 1.59. The fraction of sp³-hybridized carbons (Fsp3) is 0.0870. The molecule has 2 heterocycles. The number of benzene rings is 2. The molecule has 0 N–H and O–H groups in total. The van der Waals surface area contributed by atoms with Crippen LogP contribution in [0.4, 0.5) is 14.5 Å². The lowest BCUT2D eigenvalue weighted by Gasteiger charge is -2.27. The molecule has 4 rings (SSSR count). The van der Waals surface area contributed by atoms with Crippen LogP contribution in [0.3, 0.4) is 0 Å². The predicted molar refractivity (Wildman–Crippen MR) is 111 cm³/mol. The molecule has 0 aliphatic rings. The molecule has 0 radical (unpaired) electrons. The molecule has 0 saturated carbocycles. The van der Waals surface area contributed by atoms with Crippen molar-refractivity contribution in [2.75, 3.05) is 4.90 Å². The molecule has 0 bridgehead atoms. The highest BCUT2D eigenvalue weighted by Gasteiger charge is 2.17. The Labute approximate surface area is 172 Å². The van der Waals surface area contributed by atoms with Crippen molar-refractivity contribution in [1.29, 1.82) is 0 Å². The smallest absolute Gasteiger partial charge is 0.314 e. The molecule has 2 aromatic carbocycles. The number of alkyl halides is 2. The van der Waals surface area contributed by atoms with Gasteiger partial charge in [-0.1, -0.05) is 36.9 Å². The van der Waals surface area contributed by atoms with Gasteiger partial charge in [-0.15, -0.1) is 10.2 Å². The summed E-state index contributed by atoms with van der Waals surface area (Å²) in [6.45, 7) is 4.84. The number of nitrogens with zero attached hydrogens (tertiary/aromatic N) is 4. The van der Waals surface area contributed by atoms with Crippen molar-refractivity contribution in [3.05, 3.63) is 103 Å². The van der Waals surface area contributed by atoms with Crippen molar-refractivity contribution in [2.45, 2.75) is 13.0 Å². The van der Waals surface area contributed by atoms with Crippen LogP contribution < -0.4 is 4.90 Å². The van der Waals surface area contributed by atoms with Gasteiger partial charge in [-0.05, 0) is 42.0 Å². The van der Waals surface area contributed by atoms with Gasteiger partial charge in [0.2, 0.25) is 5.89 Å². The monoisotopic (exact) mass is 404 g/mol. The normalized spacial score (nSPS) is 10.9. The van der Waals surface area contributed by atoms with Gasteiger partial charge in [0.15, 0.2) is 0 Å². The molecule has 4 aromatic rings. The third kappa shape index (κ3) is 4.25. The average Bonchev–Trinajstić information content (AvgIpc) is 3.29. The molecule has 0 amide bonds. The molecule has 0 atom stereocenters. The fourth-order valence-electron chi connectivity index (χ4n) is 3.03. The van der Waals surface area contributed by atoms with Gasteiger partial charge >= 0.3 is 6.43 Å². The van der Waals surface area contributed by atoms with E-state index in [1.54, 1.807) is 24.5 Å². The second-order valence-corrected chi connectivity index (χ2v) is 6.55. The van der Waals surface area contributed by atoms with E-state index in [1.165, 1.54) is 0 Å². The van der Waals surface area contributed by atoms with Crippen molar-refractivity contribution in [3.63, 3.8) is 0 Å². The maximum Gasteiger partial charge on any atom is 0.314 e. The van der Waals surface area contributed by atoms with Gasteiger partial charge in [-0.25, -0.2) is 0 Å². The van der Waals surface area contributed by atoms with Crippen LogP contribution in [0.1, 0.15) is 23.4 Å². The Kier molecular flexibility index (Phi) is 5.61. The number of aromatic nitrogens is 3. The van der Waals surface area contributed by atoms with E-state index in [0.717, 1.165) is 22.5 Å². The zero-order valence-electron chi connectivity index (χ0n) is 16.0. The van der Waals surface area contributed by atoms with E-state index >= 15 is 0 Å². The topological polar surface area (TPSA) is 55.1 Å². The second kappa shape index (κ2) is 8.65. The number of hydrogen-bond donors (Lipinski definition) is 0. The summed E-state index contributed by atoms with van der Waals surface area (Å²) in [4.78, 5) is 6.17. The second-order valence-electron chi connectivity index (χ2n) is 6.55. The van der Waals surface area contributed by atoms with Crippen molar-refractivity contribution >= 4 is 11.4 Å². The summed E-state index contributed by atoms with van der Waals surface area (Å²) in [5, 5.41) is 7.05. The van der Waals surface area contributed by atoms with E-state index in [-0.39, 0.29) is 5.89 Å². The van der Waals surface area contributed by atoms with Crippen molar-refractivity contribution in [2.24, 2.45) is 0 Å². The minimum absolute atomic E-state index is 0.0676. The zero-order valence-corrected chi connectivity index (χ0v) is 16.0. The standard InChI is InChI=1S/C23H18F2N4O/c1-16(18-11-13-26-14-12-18)29(20-5-3-2-4-6-20)15-17-7-9-19(10-8-17)22-27-28-23(30-22)21(24)25/h2-14,21H,1,15H2. The number of anilines is 1. The minimum Gasteiger partial charge on any atom is -0.415 e. The Morgan fingerprint density at radius 3 is 2.27 bits per heavy atom. The largest absolute Gasteiger partial charge is 0.415 e. The van der Waals surface area contributed by atoms with E-state index in [4.69, 9.17) is 4.42 Å². The van der Waals surface area contributed by atoms with Crippen molar-refractivity contribution in [3.8, 4) is 11.5 Å². The molecular formula is C23H18F2N4O. The number of rotatable bonds is 7. The molecule has 0 saturated heterocycles. The van der Waals surface area contributed by atoms with E-state index in [9.17, 15) is 8.78 Å². The summed E-state index contributed by atoms with van der Waals surface area (Å²) in [6, 6.07) is 21.1. The molecule has 30 heavy (non-hydrogen) atoms. The third-order valence-corrected chi connectivity index (χ3v) is 4.58. The number of pyridine rings is 1. The number of halogens is 2. The van der Waals surface area contributed by atoms with Crippen LogP contribution in [-0.4, -0.2) is 15.2 Å². The SMILES string of the molecule is C=C(c1ccncc1)N(Cc1ccc(-c2nnc(C(F)F)o2)cc1)c1ccccc1.